The van der Waals surface area contributed by atoms with Crippen molar-refractivity contribution in [2.45, 2.75) is 37.4 Å². The third-order valence-electron chi connectivity index (χ3n) is 3.83. The predicted octanol–water partition coefficient (Wildman–Crippen LogP) is 0.127. The Labute approximate surface area is 86.4 Å². The molecule has 0 spiro atoms. The fourth-order valence-electron chi connectivity index (χ4n) is 2.74. The largest absolute Gasteiger partial charge is 0.310 e. The average molecular weight is 195 g/mol. The highest BCUT2D eigenvalue weighted by Crippen LogP contribution is 2.24. The number of nitrogens with zero attached hydrogens (tertiary/aromatic N) is 2. The second kappa shape index (κ2) is 3.47. The molecule has 1 unspecified atom stereocenters. The fraction of sp³-hybridized carbons (Fsp3) is 1.00. The third kappa shape index (κ3) is 1.81. The minimum atomic E-state index is 0.799. The topological polar surface area (TPSA) is 18.5 Å². The second-order valence-electron chi connectivity index (χ2n) is 5.30. The van der Waals surface area contributed by atoms with Crippen LogP contribution in [0.1, 0.15) is 19.3 Å². The molecule has 3 fully saturated rings. The van der Waals surface area contributed by atoms with Gasteiger partial charge in [-0.25, -0.2) is 0 Å². The molecule has 3 nitrogen and oxygen atoms in total. The van der Waals surface area contributed by atoms with Crippen molar-refractivity contribution in [1.29, 1.82) is 0 Å². The lowest BCUT2D eigenvalue weighted by atomic mass is 10.1. The number of hydrogen-bond donors (Lipinski definition) is 1. The first-order chi connectivity index (χ1) is 6.81. The summed E-state index contributed by atoms with van der Waals surface area (Å²) < 4.78 is 0. The van der Waals surface area contributed by atoms with Gasteiger partial charge in [0.15, 0.2) is 0 Å². The Bertz CT molecular complexity index is 209. The van der Waals surface area contributed by atoms with E-state index in [-0.39, 0.29) is 0 Å². The molecule has 80 valence electrons. The highest BCUT2D eigenvalue weighted by atomic mass is 15.3. The summed E-state index contributed by atoms with van der Waals surface area (Å²) in [5, 5.41) is 3.74. The van der Waals surface area contributed by atoms with Gasteiger partial charge in [-0.2, -0.15) is 0 Å². The third-order valence-corrected chi connectivity index (χ3v) is 3.83. The zero-order chi connectivity index (χ0) is 9.54. The summed E-state index contributed by atoms with van der Waals surface area (Å²) in [5.74, 6) is 0. The van der Waals surface area contributed by atoms with Gasteiger partial charge in [-0.3, -0.25) is 4.90 Å². The van der Waals surface area contributed by atoms with Gasteiger partial charge in [0.25, 0.3) is 0 Å². The van der Waals surface area contributed by atoms with Crippen LogP contribution in [0.4, 0.5) is 0 Å². The summed E-state index contributed by atoms with van der Waals surface area (Å²) in [6, 6.07) is 2.54. The van der Waals surface area contributed by atoms with E-state index in [2.05, 4.69) is 22.2 Å². The number of nitrogens with one attached hydrogen (secondary N) is 1. The summed E-state index contributed by atoms with van der Waals surface area (Å²) >= 11 is 0. The minimum Gasteiger partial charge on any atom is -0.310 e. The lowest BCUT2D eigenvalue weighted by Gasteiger charge is -2.42. The lowest BCUT2D eigenvalue weighted by Crippen LogP contribution is -2.57. The van der Waals surface area contributed by atoms with Crippen molar-refractivity contribution in [1.82, 2.24) is 15.1 Å². The molecule has 1 atom stereocenters. The van der Waals surface area contributed by atoms with Gasteiger partial charge in [-0.05, 0) is 26.3 Å². The molecule has 0 amide bonds. The lowest BCUT2D eigenvalue weighted by molar-refractivity contribution is 0.0677. The number of rotatable bonds is 3. The van der Waals surface area contributed by atoms with Gasteiger partial charge in [0.2, 0.25) is 0 Å². The van der Waals surface area contributed by atoms with Crippen LogP contribution in [0.2, 0.25) is 0 Å². The van der Waals surface area contributed by atoms with Crippen LogP contribution in [0.3, 0.4) is 0 Å². The van der Waals surface area contributed by atoms with E-state index in [1.807, 2.05) is 0 Å². The van der Waals surface area contributed by atoms with Crippen molar-refractivity contribution in [3.05, 3.63) is 0 Å². The quantitative estimate of drug-likeness (QED) is 0.690. The molecule has 0 aromatic carbocycles. The van der Waals surface area contributed by atoms with Crippen LogP contribution in [0.15, 0.2) is 0 Å². The smallest absolute Gasteiger partial charge is 0.0350 e. The summed E-state index contributed by atoms with van der Waals surface area (Å²) in [7, 11) is 2.21. The Hall–Kier alpha value is -0.120. The SMILES string of the molecule is CN1CC(N2CCC(NC3CC3)C2)C1. The Kier molecular flexibility index (Phi) is 2.26. The zero-order valence-corrected chi connectivity index (χ0v) is 9.08. The molecule has 0 radical (unpaired) electrons. The van der Waals surface area contributed by atoms with Crippen molar-refractivity contribution in [3.8, 4) is 0 Å². The van der Waals surface area contributed by atoms with E-state index in [9.17, 15) is 0 Å². The summed E-state index contributed by atoms with van der Waals surface area (Å²) in [5.41, 5.74) is 0. The van der Waals surface area contributed by atoms with Crippen LogP contribution >= 0.6 is 0 Å². The maximum absolute atomic E-state index is 3.74. The van der Waals surface area contributed by atoms with Gasteiger partial charge in [-0.1, -0.05) is 0 Å². The number of likely N-dealkylation sites (tertiary alicyclic amines) is 2. The van der Waals surface area contributed by atoms with Crippen molar-refractivity contribution >= 4 is 0 Å². The van der Waals surface area contributed by atoms with E-state index >= 15 is 0 Å². The highest BCUT2D eigenvalue weighted by molar-refractivity contribution is 4.94. The first-order valence-electron chi connectivity index (χ1n) is 6.00. The molecule has 0 bridgehead atoms. The van der Waals surface area contributed by atoms with E-state index in [0.717, 1.165) is 18.1 Å². The average Bonchev–Trinajstić information content (AvgIpc) is 2.78. The predicted molar refractivity (Wildman–Crippen MR) is 57.4 cm³/mol. The van der Waals surface area contributed by atoms with Gasteiger partial charge in [0.05, 0.1) is 0 Å². The zero-order valence-electron chi connectivity index (χ0n) is 9.08. The molecule has 0 aromatic heterocycles. The van der Waals surface area contributed by atoms with Crippen LogP contribution in [-0.4, -0.2) is 61.2 Å². The first-order valence-corrected chi connectivity index (χ1v) is 6.00. The van der Waals surface area contributed by atoms with Crippen LogP contribution < -0.4 is 5.32 Å². The molecule has 3 aliphatic rings. The first kappa shape index (κ1) is 9.13. The Morgan fingerprint density at radius 2 is 1.79 bits per heavy atom. The van der Waals surface area contributed by atoms with E-state index < -0.39 is 0 Å². The van der Waals surface area contributed by atoms with Crippen LogP contribution in [0, 0.1) is 0 Å². The standard InChI is InChI=1S/C11H21N3/c1-13-7-11(8-13)14-5-4-10(6-14)12-9-2-3-9/h9-12H,2-8H2,1H3. The molecule has 1 N–H and O–H groups in total. The molecule has 3 heteroatoms. The second-order valence-corrected chi connectivity index (χ2v) is 5.30. The Balaban J connectivity index is 1.44. The van der Waals surface area contributed by atoms with Crippen molar-refractivity contribution < 1.29 is 0 Å². The normalized spacial score (nSPS) is 36.2. The molecular weight excluding hydrogens is 174 g/mol. The summed E-state index contributed by atoms with van der Waals surface area (Å²) in [6.07, 6.45) is 4.21. The Morgan fingerprint density at radius 1 is 1.00 bits per heavy atom. The maximum Gasteiger partial charge on any atom is 0.0350 e. The van der Waals surface area contributed by atoms with E-state index in [4.69, 9.17) is 0 Å². The monoisotopic (exact) mass is 195 g/mol. The van der Waals surface area contributed by atoms with Gasteiger partial charge >= 0.3 is 0 Å². The van der Waals surface area contributed by atoms with E-state index in [0.29, 0.717) is 0 Å². The molecule has 14 heavy (non-hydrogen) atoms. The van der Waals surface area contributed by atoms with Gasteiger partial charge in [0.1, 0.15) is 0 Å². The summed E-state index contributed by atoms with van der Waals surface area (Å²) in [6.45, 7) is 5.20. The number of likely N-dealkylation sites (N-methyl/N-ethyl adjacent to an activating group) is 1. The molecule has 3 rings (SSSR count). The van der Waals surface area contributed by atoms with Crippen molar-refractivity contribution in [2.75, 3.05) is 33.2 Å². The molecule has 1 saturated carbocycles. The molecule has 1 aliphatic carbocycles. The molecule has 2 aliphatic heterocycles. The summed E-state index contributed by atoms with van der Waals surface area (Å²) in [4.78, 5) is 5.09. The van der Waals surface area contributed by atoms with Gasteiger partial charge in [0, 0.05) is 44.3 Å². The van der Waals surface area contributed by atoms with Gasteiger partial charge in [-0.15, -0.1) is 0 Å². The molecular formula is C11H21N3. The maximum atomic E-state index is 3.74. The van der Waals surface area contributed by atoms with Gasteiger partial charge < -0.3 is 10.2 Å². The Morgan fingerprint density at radius 3 is 2.43 bits per heavy atom. The van der Waals surface area contributed by atoms with Crippen LogP contribution in [-0.2, 0) is 0 Å². The highest BCUT2D eigenvalue weighted by Gasteiger charge is 2.35. The molecule has 2 heterocycles. The van der Waals surface area contributed by atoms with Crippen molar-refractivity contribution in [2.24, 2.45) is 0 Å². The van der Waals surface area contributed by atoms with E-state index in [1.54, 1.807) is 0 Å². The van der Waals surface area contributed by atoms with Crippen LogP contribution in [0.5, 0.6) is 0 Å². The number of hydrogen-bond acceptors (Lipinski definition) is 3. The van der Waals surface area contributed by atoms with E-state index in [1.165, 1.54) is 45.4 Å². The molecule has 0 aromatic rings. The minimum absolute atomic E-state index is 0.799. The van der Waals surface area contributed by atoms with Crippen LogP contribution in [0.25, 0.3) is 0 Å². The molecule has 2 saturated heterocycles. The van der Waals surface area contributed by atoms with Crippen molar-refractivity contribution in [3.63, 3.8) is 0 Å². The fourth-order valence-corrected chi connectivity index (χ4v) is 2.74.